The molecule has 0 bridgehead atoms. The Bertz CT molecular complexity index is 5860. The Morgan fingerprint density at radius 2 is 0.693 bits per heavy atom. The molecule has 416 valence electrons. The van der Waals surface area contributed by atoms with Crippen LogP contribution in [0, 0.1) is 0 Å². The average Bonchev–Trinajstić information content (AvgIpc) is 1.78. The van der Waals surface area contributed by atoms with Gasteiger partial charge in [-0.25, -0.2) is 9.97 Å². The summed E-state index contributed by atoms with van der Waals surface area (Å²) in [6.45, 7) is 0. The van der Waals surface area contributed by atoms with E-state index in [1.54, 1.807) is 6.20 Å². The van der Waals surface area contributed by atoms with Gasteiger partial charge < -0.3 is 23.3 Å². The molecule has 12 aromatic carbocycles. The third-order valence-electron chi connectivity index (χ3n) is 17.3. The van der Waals surface area contributed by atoms with Crippen LogP contribution in [0.4, 0.5) is 0 Å². The molecule has 7 heterocycles. The maximum absolute atomic E-state index is 4.84. The minimum atomic E-state index is 0.873. The van der Waals surface area contributed by atoms with Crippen molar-refractivity contribution in [2.24, 2.45) is 0 Å². The van der Waals surface area contributed by atoms with Crippen molar-refractivity contribution < 1.29 is 0 Å². The van der Waals surface area contributed by atoms with E-state index in [1.807, 2.05) is 36.7 Å². The van der Waals surface area contributed by atoms with Gasteiger partial charge in [0.15, 0.2) is 0 Å². The second-order valence-corrected chi connectivity index (χ2v) is 23.8. The van der Waals surface area contributed by atoms with E-state index in [-0.39, 0.29) is 0 Å². The number of aromatic nitrogens is 8. The van der Waals surface area contributed by atoms with E-state index >= 15 is 0 Å². The molecule has 0 aliphatic rings. The van der Waals surface area contributed by atoms with Crippen LogP contribution < -0.4 is 0 Å². The van der Waals surface area contributed by atoms with Gasteiger partial charge in [0.05, 0.1) is 49.7 Å². The number of benzene rings is 12. The second kappa shape index (κ2) is 21.0. The number of H-pyrrole nitrogens is 1. The highest BCUT2D eigenvalue weighted by Crippen LogP contribution is 2.46. The molecule has 0 fully saturated rings. The van der Waals surface area contributed by atoms with Gasteiger partial charge in [-0.1, -0.05) is 152 Å². The maximum Gasteiger partial charge on any atom is 0.145 e. The zero-order chi connectivity index (χ0) is 58.4. The molecule has 0 atom stereocenters. The van der Waals surface area contributed by atoms with Gasteiger partial charge in [0.1, 0.15) is 11.5 Å². The van der Waals surface area contributed by atoms with Crippen LogP contribution in [0.1, 0.15) is 0 Å². The third-order valence-corrected chi connectivity index (χ3v) is 19.2. The fourth-order valence-corrected chi connectivity index (χ4v) is 14.2. The van der Waals surface area contributed by atoms with Gasteiger partial charge in [-0.15, -0.1) is 0 Å². The number of halogens is 2. The van der Waals surface area contributed by atoms with Crippen molar-refractivity contribution in [2.75, 3.05) is 0 Å². The first-order chi connectivity index (χ1) is 43.6. The molecule has 10 heteroatoms. The molecule has 0 saturated carbocycles. The number of hydrogen-bond acceptors (Lipinski definition) is 2. The number of nitrogens with zero attached hydrogens (tertiary/aromatic N) is 7. The van der Waals surface area contributed by atoms with Crippen molar-refractivity contribution in [1.82, 2.24) is 37.6 Å². The fraction of sp³-hybridized carbons (Fsp3) is 0. The summed E-state index contributed by atoms with van der Waals surface area (Å²) in [5.74, 6) is 0.873. The zero-order valence-corrected chi connectivity index (χ0v) is 50.3. The largest absolute Gasteiger partial charge is 0.345 e. The Balaban J connectivity index is 0.000000122. The molecule has 0 unspecified atom stereocenters. The van der Waals surface area contributed by atoms with E-state index in [0.717, 1.165) is 48.4 Å². The predicted molar refractivity (Wildman–Crippen MR) is 373 cm³/mol. The number of imidazole rings is 2. The molecule has 88 heavy (non-hydrogen) atoms. The summed E-state index contributed by atoms with van der Waals surface area (Å²) in [6, 6.07) is 97.4. The van der Waals surface area contributed by atoms with Crippen molar-refractivity contribution in [3.05, 3.63) is 307 Å². The lowest BCUT2D eigenvalue weighted by molar-refractivity contribution is 1.17. The SMILES string of the molecule is Brc1ccccc1Br.c1ccc(-n2c3ccccc3c3c4c5cc6c7ccccc7n7ccnc7c6cc5n(-c5ccccc5)c4ccc32)cc1.c1ccc(-n2c3ccccc3c3c4c5ccc(-c6ncc[nH]6)cc5n(-c5ccccc5)c4ccc32)cc1. The van der Waals surface area contributed by atoms with Crippen LogP contribution in [0.3, 0.4) is 0 Å². The topological polar surface area (TPSA) is 65.7 Å². The number of aromatic amines is 1. The highest BCUT2D eigenvalue weighted by atomic mass is 79.9. The van der Waals surface area contributed by atoms with Crippen LogP contribution in [0.5, 0.6) is 0 Å². The van der Waals surface area contributed by atoms with Gasteiger partial charge in [0, 0.05) is 116 Å². The van der Waals surface area contributed by atoms with Crippen molar-refractivity contribution >= 4 is 146 Å². The van der Waals surface area contributed by atoms with E-state index < -0.39 is 0 Å². The Kier molecular flexibility index (Phi) is 12.3. The molecule has 1 N–H and O–H groups in total. The molecule has 0 spiro atoms. The van der Waals surface area contributed by atoms with Crippen LogP contribution in [0.25, 0.3) is 149 Å². The van der Waals surface area contributed by atoms with Crippen LogP contribution >= 0.6 is 31.9 Å². The first-order valence-corrected chi connectivity index (χ1v) is 30.9. The van der Waals surface area contributed by atoms with Gasteiger partial charge in [-0.3, -0.25) is 4.40 Å². The molecule has 19 aromatic rings. The summed E-state index contributed by atoms with van der Waals surface area (Å²) in [7, 11) is 0. The van der Waals surface area contributed by atoms with Gasteiger partial charge in [0.2, 0.25) is 0 Å². The lowest BCUT2D eigenvalue weighted by atomic mass is 10.0. The summed E-state index contributed by atoms with van der Waals surface area (Å²) in [5, 5.41) is 13.7. The lowest BCUT2D eigenvalue weighted by Gasteiger charge is -2.11. The Morgan fingerprint density at radius 3 is 1.17 bits per heavy atom. The quantitative estimate of drug-likeness (QED) is 0.175. The summed E-state index contributed by atoms with van der Waals surface area (Å²) in [5.41, 5.74) is 17.4. The van der Waals surface area contributed by atoms with Crippen molar-refractivity contribution in [3.8, 4) is 34.1 Å². The average molecular weight is 1260 g/mol. The monoisotopic (exact) mass is 1260 g/mol. The molecule has 19 rings (SSSR count). The maximum atomic E-state index is 4.84. The number of pyridine rings is 1. The minimum Gasteiger partial charge on any atom is -0.345 e. The van der Waals surface area contributed by atoms with Gasteiger partial charge in [-0.2, -0.15) is 0 Å². The summed E-state index contributed by atoms with van der Waals surface area (Å²) in [4.78, 5) is 12.6. The van der Waals surface area contributed by atoms with Crippen LogP contribution in [-0.2, 0) is 0 Å². The van der Waals surface area contributed by atoms with Gasteiger partial charge in [-0.05, 0) is 159 Å². The molecule has 8 nitrogen and oxygen atoms in total. The Labute approximate surface area is 521 Å². The number of fused-ring (bicyclic) bond motifs is 20. The van der Waals surface area contributed by atoms with Gasteiger partial charge >= 0.3 is 0 Å². The standard InChI is InChI=1S/C39H24N4.C33H22N4.C6H4Br2/c1-3-11-25(12-4-1)42-33-18-10-8-16-28(33)37-34(42)19-20-35-38(37)31-23-29-27-15-7-9-17-32(27)41-22-21-40-39(41)30(29)24-36(31)43(35)26-13-5-2-6-14-26;1-3-9-23(10-4-1)36-27-14-8-7-13-25(27)31-28(36)17-18-29-32(31)26-16-15-22(33-34-19-20-35-33)21-30(26)37(29)24-11-5-2-6-12-24;7-5-3-1-2-4-6(5)8/h1-24H;1-21H,(H,34,35);1-4H. The Hall–Kier alpha value is -10.8. The van der Waals surface area contributed by atoms with Crippen molar-refractivity contribution in [1.29, 1.82) is 0 Å². The smallest absolute Gasteiger partial charge is 0.145 e. The molecule has 0 radical (unpaired) electrons. The van der Waals surface area contributed by atoms with E-state index in [0.29, 0.717) is 0 Å². The van der Waals surface area contributed by atoms with E-state index in [1.165, 1.54) is 109 Å². The number of para-hydroxylation sites is 7. The minimum absolute atomic E-state index is 0.873. The van der Waals surface area contributed by atoms with E-state index in [9.17, 15) is 0 Å². The summed E-state index contributed by atoms with van der Waals surface area (Å²) < 4.78 is 14.0. The molecular weight excluding hydrogens is 1210 g/mol. The van der Waals surface area contributed by atoms with Crippen molar-refractivity contribution in [2.45, 2.75) is 0 Å². The van der Waals surface area contributed by atoms with E-state index in [4.69, 9.17) is 4.98 Å². The van der Waals surface area contributed by atoms with Gasteiger partial charge in [0.25, 0.3) is 0 Å². The second-order valence-electron chi connectivity index (χ2n) is 22.1. The first-order valence-electron chi connectivity index (χ1n) is 29.4. The summed E-state index contributed by atoms with van der Waals surface area (Å²) in [6.07, 6.45) is 7.64. The molecule has 0 amide bonds. The fourth-order valence-electron chi connectivity index (χ4n) is 13.6. The highest BCUT2D eigenvalue weighted by Gasteiger charge is 2.24. The van der Waals surface area contributed by atoms with Crippen LogP contribution in [-0.4, -0.2) is 37.6 Å². The third kappa shape index (κ3) is 8.17. The number of hydrogen-bond donors (Lipinski definition) is 1. The zero-order valence-electron chi connectivity index (χ0n) is 47.2. The Morgan fingerprint density at radius 1 is 0.284 bits per heavy atom. The highest BCUT2D eigenvalue weighted by molar-refractivity contribution is 9.13. The lowest BCUT2D eigenvalue weighted by Crippen LogP contribution is -1.95. The molecule has 0 aliphatic heterocycles. The molecule has 0 aliphatic carbocycles. The first kappa shape index (κ1) is 51.6. The molecule has 7 aromatic heterocycles. The number of nitrogens with one attached hydrogen (secondary N) is 1. The molecule has 0 saturated heterocycles. The van der Waals surface area contributed by atoms with Crippen LogP contribution in [0.2, 0.25) is 0 Å². The van der Waals surface area contributed by atoms with Crippen LogP contribution in [0.15, 0.2) is 307 Å². The van der Waals surface area contributed by atoms with E-state index in [2.05, 4.69) is 319 Å². The van der Waals surface area contributed by atoms with Crippen molar-refractivity contribution in [3.63, 3.8) is 0 Å². The molecular formula is C78H50Br2N8. The predicted octanol–water partition coefficient (Wildman–Crippen LogP) is 21.3. The normalized spacial score (nSPS) is 11.8. The number of rotatable bonds is 5. The summed E-state index contributed by atoms with van der Waals surface area (Å²) >= 11 is 6.70.